The first-order valence-electron chi connectivity index (χ1n) is 4.03. The first kappa shape index (κ1) is 8.53. The van der Waals surface area contributed by atoms with Crippen LogP contribution in [0.25, 0.3) is 0 Å². The number of likely N-dealkylation sites (tertiary alicyclic amines) is 1. The van der Waals surface area contributed by atoms with E-state index in [9.17, 15) is 4.79 Å². The van der Waals surface area contributed by atoms with Crippen LogP contribution in [-0.4, -0.2) is 29.9 Å². The SMILES string of the molecule is CC(C)C1(N)CCN(C)C1=O. The van der Waals surface area contributed by atoms with Crippen LogP contribution in [0.15, 0.2) is 0 Å². The van der Waals surface area contributed by atoms with Gasteiger partial charge < -0.3 is 10.6 Å². The number of hydrogen-bond donors (Lipinski definition) is 1. The van der Waals surface area contributed by atoms with Crippen molar-refractivity contribution >= 4 is 5.91 Å². The zero-order valence-corrected chi connectivity index (χ0v) is 7.42. The molecule has 1 amide bonds. The molecule has 1 aliphatic rings. The molecule has 1 unspecified atom stereocenters. The van der Waals surface area contributed by atoms with Gasteiger partial charge in [0.05, 0.1) is 5.54 Å². The first-order chi connectivity index (χ1) is 4.98. The van der Waals surface area contributed by atoms with Crippen molar-refractivity contribution in [3.05, 3.63) is 0 Å². The maximum atomic E-state index is 11.5. The normalized spacial score (nSPS) is 32.1. The van der Waals surface area contributed by atoms with E-state index in [0.29, 0.717) is 0 Å². The van der Waals surface area contributed by atoms with Gasteiger partial charge in [-0.25, -0.2) is 0 Å². The molecule has 0 aromatic heterocycles. The van der Waals surface area contributed by atoms with E-state index < -0.39 is 5.54 Å². The molecule has 11 heavy (non-hydrogen) atoms. The topological polar surface area (TPSA) is 46.3 Å². The Morgan fingerprint density at radius 2 is 2.18 bits per heavy atom. The molecule has 0 aromatic carbocycles. The summed E-state index contributed by atoms with van der Waals surface area (Å²) in [6, 6.07) is 0. The Bertz CT molecular complexity index is 179. The van der Waals surface area contributed by atoms with Gasteiger partial charge in [-0.3, -0.25) is 4.79 Å². The van der Waals surface area contributed by atoms with Crippen LogP contribution in [0.3, 0.4) is 0 Å². The molecule has 3 nitrogen and oxygen atoms in total. The lowest BCUT2D eigenvalue weighted by Gasteiger charge is -2.25. The third-order valence-corrected chi connectivity index (χ3v) is 2.64. The second kappa shape index (κ2) is 2.48. The predicted octanol–water partition coefficient (Wildman–Crippen LogP) is 0.202. The Morgan fingerprint density at radius 3 is 2.36 bits per heavy atom. The summed E-state index contributed by atoms with van der Waals surface area (Å²) < 4.78 is 0. The summed E-state index contributed by atoms with van der Waals surface area (Å²) in [7, 11) is 1.80. The van der Waals surface area contributed by atoms with Crippen LogP contribution in [0.1, 0.15) is 20.3 Å². The molecule has 1 heterocycles. The fourth-order valence-electron chi connectivity index (χ4n) is 1.45. The van der Waals surface area contributed by atoms with Gasteiger partial charge in [0.15, 0.2) is 0 Å². The van der Waals surface area contributed by atoms with Gasteiger partial charge in [0.1, 0.15) is 0 Å². The molecule has 64 valence electrons. The molecule has 0 aliphatic carbocycles. The van der Waals surface area contributed by atoms with E-state index in [0.717, 1.165) is 13.0 Å². The molecule has 1 rings (SSSR count). The highest BCUT2D eigenvalue weighted by Gasteiger charge is 2.44. The minimum atomic E-state index is -0.589. The largest absolute Gasteiger partial charge is 0.344 e. The van der Waals surface area contributed by atoms with Gasteiger partial charge in [0.2, 0.25) is 5.91 Å². The van der Waals surface area contributed by atoms with Crippen molar-refractivity contribution in [1.29, 1.82) is 0 Å². The Balaban J connectivity index is 2.81. The van der Waals surface area contributed by atoms with Crippen molar-refractivity contribution < 1.29 is 4.79 Å². The van der Waals surface area contributed by atoms with Crippen LogP contribution < -0.4 is 5.73 Å². The van der Waals surface area contributed by atoms with Crippen LogP contribution in [0.5, 0.6) is 0 Å². The van der Waals surface area contributed by atoms with E-state index >= 15 is 0 Å². The molecule has 2 N–H and O–H groups in total. The van der Waals surface area contributed by atoms with Gasteiger partial charge in [-0.15, -0.1) is 0 Å². The number of rotatable bonds is 1. The van der Waals surface area contributed by atoms with Gasteiger partial charge in [-0.2, -0.15) is 0 Å². The second-order valence-electron chi connectivity index (χ2n) is 3.67. The van der Waals surface area contributed by atoms with E-state index in [-0.39, 0.29) is 11.8 Å². The van der Waals surface area contributed by atoms with Crippen molar-refractivity contribution in [3.63, 3.8) is 0 Å². The number of carbonyl (C=O) groups excluding carboxylic acids is 1. The van der Waals surface area contributed by atoms with E-state index in [2.05, 4.69) is 0 Å². The molecule has 0 aromatic rings. The highest BCUT2D eigenvalue weighted by molar-refractivity contribution is 5.88. The summed E-state index contributed by atoms with van der Waals surface area (Å²) in [6.07, 6.45) is 0.792. The molecule has 0 radical (unpaired) electrons. The van der Waals surface area contributed by atoms with E-state index in [4.69, 9.17) is 5.73 Å². The molecular weight excluding hydrogens is 140 g/mol. The molecule has 1 atom stereocenters. The fraction of sp³-hybridized carbons (Fsp3) is 0.875. The number of hydrogen-bond acceptors (Lipinski definition) is 2. The molecule has 3 heteroatoms. The van der Waals surface area contributed by atoms with Crippen LogP contribution in [0.2, 0.25) is 0 Å². The van der Waals surface area contributed by atoms with Gasteiger partial charge in [0.25, 0.3) is 0 Å². The van der Waals surface area contributed by atoms with Crippen molar-refractivity contribution in [1.82, 2.24) is 4.90 Å². The minimum Gasteiger partial charge on any atom is -0.344 e. The van der Waals surface area contributed by atoms with Crippen LogP contribution >= 0.6 is 0 Å². The maximum Gasteiger partial charge on any atom is 0.242 e. The maximum absolute atomic E-state index is 11.5. The molecule has 1 fully saturated rings. The Morgan fingerprint density at radius 1 is 1.64 bits per heavy atom. The first-order valence-corrected chi connectivity index (χ1v) is 4.03. The standard InChI is InChI=1S/C8H16N2O/c1-6(2)8(9)4-5-10(3)7(8)11/h6H,4-5,9H2,1-3H3. The molecule has 1 saturated heterocycles. The Kier molecular flexibility index (Phi) is 1.92. The Hall–Kier alpha value is -0.570. The minimum absolute atomic E-state index is 0.0903. The number of amides is 1. The van der Waals surface area contributed by atoms with Crippen LogP contribution in [0.4, 0.5) is 0 Å². The third-order valence-electron chi connectivity index (χ3n) is 2.64. The number of likely N-dealkylation sites (N-methyl/N-ethyl adjacent to an activating group) is 1. The second-order valence-corrected chi connectivity index (χ2v) is 3.67. The molecule has 0 saturated carbocycles. The van der Waals surface area contributed by atoms with Crippen LogP contribution in [-0.2, 0) is 4.79 Å². The smallest absolute Gasteiger partial charge is 0.242 e. The summed E-state index contributed by atoms with van der Waals surface area (Å²) in [5, 5.41) is 0. The monoisotopic (exact) mass is 156 g/mol. The van der Waals surface area contributed by atoms with Crippen molar-refractivity contribution in [2.75, 3.05) is 13.6 Å². The van der Waals surface area contributed by atoms with Crippen molar-refractivity contribution in [2.45, 2.75) is 25.8 Å². The molecule has 0 bridgehead atoms. The number of nitrogens with zero attached hydrogens (tertiary/aromatic N) is 1. The van der Waals surface area contributed by atoms with E-state index in [1.165, 1.54) is 0 Å². The zero-order valence-electron chi connectivity index (χ0n) is 7.42. The van der Waals surface area contributed by atoms with Crippen molar-refractivity contribution in [3.8, 4) is 0 Å². The lowest BCUT2D eigenvalue weighted by molar-refractivity contribution is -0.132. The lowest BCUT2D eigenvalue weighted by Crippen LogP contribution is -2.51. The summed E-state index contributed by atoms with van der Waals surface area (Å²) in [6.45, 7) is 4.79. The van der Waals surface area contributed by atoms with E-state index in [1.807, 2.05) is 13.8 Å². The summed E-state index contributed by atoms with van der Waals surface area (Å²) in [4.78, 5) is 13.2. The van der Waals surface area contributed by atoms with Gasteiger partial charge in [0, 0.05) is 13.6 Å². The van der Waals surface area contributed by atoms with Gasteiger partial charge in [-0.1, -0.05) is 13.8 Å². The predicted molar refractivity (Wildman–Crippen MR) is 44.0 cm³/mol. The highest BCUT2D eigenvalue weighted by Crippen LogP contribution is 2.26. The number of carbonyl (C=O) groups is 1. The molecular formula is C8H16N2O. The molecule has 0 spiro atoms. The van der Waals surface area contributed by atoms with Gasteiger partial charge in [-0.05, 0) is 12.3 Å². The summed E-state index contributed by atoms with van der Waals surface area (Å²) in [5.74, 6) is 0.326. The van der Waals surface area contributed by atoms with Crippen LogP contribution in [0, 0.1) is 5.92 Å². The summed E-state index contributed by atoms with van der Waals surface area (Å²) >= 11 is 0. The van der Waals surface area contributed by atoms with Gasteiger partial charge >= 0.3 is 0 Å². The Labute approximate surface area is 67.5 Å². The number of nitrogens with two attached hydrogens (primary N) is 1. The fourth-order valence-corrected chi connectivity index (χ4v) is 1.45. The van der Waals surface area contributed by atoms with E-state index in [1.54, 1.807) is 11.9 Å². The average molecular weight is 156 g/mol. The highest BCUT2D eigenvalue weighted by atomic mass is 16.2. The lowest BCUT2D eigenvalue weighted by atomic mass is 9.86. The molecule has 1 aliphatic heterocycles. The quantitative estimate of drug-likeness (QED) is 0.589. The third kappa shape index (κ3) is 1.13. The average Bonchev–Trinajstić information content (AvgIpc) is 2.18. The summed E-state index contributed by atoms with van der Waals surface area (Å²) in [5.41, 5.74) is 5.36. The van der Waals surface area contributed by atoms with Crippen molar-refractivity contribution in [2.24, 2.45) is 11.7 Å². The zero-order chi connectivity index (χ0) is 8.65.